The largest absolute Gasteiger partial charge is 0.388 e. The van der Waals surface area contributed by atoms with Gasteiger partial charge in [-0.15, -0.1) is 0 Å². The number of nitrogens with zero attached hydrogens (tertiary/aromatic N) is 4. The van der Waals surface area contributed by atoms with Crippen LogP contribution in [-0.4, -0.2) is 18.2 Å². The van der Waals surface area contributed by atoms with Crippen LogP contribution in [0.15, 0.2) is 109 Å². The molecule has 0 spiro atoms. The molecule has 0 bridgehead atoms. The van der Waals surface area contributed by atoms with Crippen LogP contribution < -0.4 is 10.6 Å². The van der Waals surface area contributed by atoms with Crippen molar-refractivity contribution in [1.29, 1.82) is 15.8 Å². The number of rotatable bonds is 11. The molecule has 1 aliphatic rings. The average Bonchev–Trinajstić information content (AvgIpc) is 3.40. The van der Waals surface area contributed by atoms with E-state index in [2.05, 4.69) is 64.3 Å². The van der Waals surface area contributed by atoms with Crippen LogP contribution in [0.4, 0.5) is 0 Å². The first-order valence-corrected chi connectivity index (χ1v) is 13.9. The summed E-state index contributed by atoms with van der Waals surface area (Å²) in [7, 11) is 3.88. The first-order chi connectivity index (χ1) is 20.4. The smallest absolute Gasteiger partial charge is 0.254 e. The molecule has 6 heteroatoms. The van der Waals surface area contributed by atoms with Crippen molar-refractivity contribution >= 4 is 23.1 Å². The molecule has 1 aromatic heterocycles. The van der Waals surface area contributed by atoms with Gasteiger partial charge < -0.3 is 15.2 Å². The van der Waals surface area contributed by atoms with Gasteiger partial charge in [-0.1, -0.05) is 67.3 Å². The van der Waals surface area contributed by atoms with Gasteiger partial charge in [0.1, 0.15) is 18.2 Å². The number of hydrogen-bond donors (Lipinski definition) is 2. The van der Waals surface area contributed by atoms with E-state index in [0.717, 1.165) is 48.2 Å². The summed E-state index contributed by atoms with van der Waals surface area (Å²) in [6.45, 7) is 5.00. The van der Waals surface area contributed by atoms with Crippen molar-refractivity contribution in [2.45, 2.75) is 24.7 Å². The lowest BCUT2D eigenvalue weighted by Gasteiger charge is -2.16. The molecule has 2 heterocycles. The van der Waals surface area contributed by atoms with E-state index in [0.29, 0.717) is 11.1 Å². The number of nitriles is 3. The zero-order chi connectivity index (χ0) is 30.0. The van der Waals surface area contributed by atoms with Crippen molar-refractivity contribution in [3.05, 3.63) is 131 Å². The van der Waals surface area contributed by atoms with Gasteiger partial charge in [0.25, 0.3) is 5.41 Å². The third-order valence-electron chi connectivity index (χ3n) is 7.29. The molecular weight excluding hydrogens is 516 g/mol. The number of hydrogen-bond acceptors (Lipinski definition) is 5. The lowest BCUT2D eigenvalue weighted by Crippen LogP contribution is -2.21. The molecule has 0 fully saturated rings. The summed E-state index contributed by atoms with van der Waals surface area (Å²) in [6, 6.07) is 19.9. The Morgan fingerprint density at radius 3 is 2.57 bits per heavy atom. The zero-order valence-corrected chi connectivity index (χ0v) is 24.1. The van der Waals surface area contributed by atoms with Crippen LogP contribution >= 0.6 is 0 Å². The number of allylic oxidation sites excluding steroid dienone is 7. The van der Waals surface area contributed by atoms with Crippen molar-refractivity contribution < 1.29 is 0 Å². The fourth-order valence-electron chi connectivity index (χ4n) is 4.86. The molecule has 0 saturated carbocycles. The molecule has 0 unspecified atom stereocenters. The third-order valence-corrected chi connectivity index (χ3v) is 7.29. The molecule has 6 nitrogen and oxygen atoms in total. The number of likely N-dealkylation sites (N-methyl/N-ethyl adjacent to an activating group) is 1. The molecule has 3 aromatic rings. The Kier molecular flexibility index (Phi) is 9.62. The molecule has 1 aliphatic heterocycles. The number of dihydropyridines is 1. The van der Waals surface area contributed by atoms with E-state index in [4.69, 9.17) is 0 Å². The van der Waals surface area contributed by atoms with Crippen LogP contribution in [-0.2, 0) is 18.9 Å². The standard InChI is InChI=1S/C36H34N6/c1-27(21-33(40-2)17-13-29-12-16-31-18-20-42(3)35(31)23-29)10-14-30-15-11-28(7-6-9-32-8-4-5-19-41-32)22-34(30)36(24-37,25-38)26-39/h4-5,8,10-18,20-23,40-41H,1,6-7,9,19H2,2-3H3/b14-10+,17-13+,33-21-. The number of nitrogens with one attached hydrogen (secondary N) is 2. The highest BCUT2D eigenvalue weighted by Gasteiger charge is 2.34. The van der Waals surface area contributed by atoms with Crippen LogP contribution in [0.25, 0.3) is 23.1 Å². The van der Waals surface area contributed by atoms with Crippen molar-refractivity contribution in [1.82, 2.24) is 15.2 Å². The minimum atomic E-state index is -1.90. The van der Waals surface area contributed by atoms with E-state index in [9.17, 15) is 15.8 Å². The second kappa shape index (κ2) is 13.7. The van der Waals surface area contributed by atoms with E-state index < -0.39 is 5.41 Å². The summed E-state index contributed by atoms with van der Waals surface area (Å²) in [5.41, 5.74) is 5.14. The fourth-order valence-corrected chi connectivity index (χ4v) is 4.86. The van der Waals surface area contributed by atoms with Crippen molar-refractivity contribution in [2.75, 3.05) is 13.6 Å². The molecule has 0 saturated heterocycles. The first kappa shape index (κ1) is 29.5. The minimum absolute atomic E-state index is 0.392. The molecule has 2 N–H and O–H groups in total. The molecule has 0 radical (unpaired) electrons. The van der Waals surface area contributed by atoms with Gasteiger partial charge in [-0.2, -0.15) is 15.8 Å². The molecular formula is C36H34N6. The Morgan fingerprint density at radius 1 is 1.05 bits per heavy atom. The van der Waals surface area contributed by atoms with Gasteiger partial charge >= 0.3 is 0 Å². The Labute approximate surface area is 248 Å². The van der Waals surface area contributed by atoms with Crippen LogP contribution in [0.5, 0.6) is 0 Å². The van der Waals surface area contributed by atoms with Crippen LogP contribution in [0, 0.1) is 34.0 Å². The lowest BCUT2D eigenvalue weighted by atomic mass is 9.80. The maximum atomic E-state index is 9.85. The van der Waals surface area contributed by atoms with Gasteiger partial charge in [-0.25, -0.2) is 0 Å². The number of aromatic nitrogens is 1. The molecule has 0 aliphatic carbocycles. The maximum Gasteiger partial charge on any atom is 0.254 e. The summed E-state index contributed by atoms with van der Waals surface area (Å²) in [4.78, 5) is 0. The normalized spacial score (nSPS) is 13.4. The average molecular weight is 551 g/mol. The lowest BCUT2D eigenvalue weighted by molar-refractivity contribution is 0.735. The SMILES string of the molecule is C=C(/C=C(/C=C/c1ccc2ccn(C)c2c1)NC)/C=C/c1ccc(CCCC2=CC=CCN2)cc1C(C#N)(C#N)C#N. The zero-order valence-electron chi connectivity index (χ0n) is 24.1. The summed E-state index contributed by atoms with van der Waals surface area (Å²) in [6.07, 6.45) is 20.4. The quantitative estimate of drug-likeness (QED) is 0.258. The Bertz CT molecular complexity index is 1720. The first-order valence-electron chi connectivity index (χ1n) is 13.9. The van der Waals surface area contributed by atoms with Crippen molar-refractivity contribution in [3.63, 3.8) is 0 Å². The summed E-state index contributed by atoms with van der Waals surface area (Å²) in [5, 5.41) is 37.3. The second-order valence-electron chi connectivity index (χ2n) is 10.2. The van der Waals surface area contributed by atoms with Gasteiger partial charge in [0.15, 0.2) is 0 Å². The second-order valence-corrected chi connectivity index (χ2v) is 10.2. The predicted molar refractivity (Wildman–Crippen MR) is 170 cm³/mol. The topological polar surface area (TPSA) is 100 Å². The van der Waals surface area contributed by atoms with Gasteiger partial charge in [0.05, 0.1) is 0 Å². The Hall–Kier alpha value is -5.51. The Balaban J connectivity index is 1.53. The predicted octanol–water partition coefficient (Wildman–Crippen LogP) is 6.74. The minimum Gasteiger partial charge on any atom is -0.388 e. The van der Waals surface area contributed by atoms with Crippen LogP contribution in [0.3, 0.4) is 0 Å². The third kappa shape index (κ3) is 6.97. The highest BCUT2D eigenvalue weighted by molar-refractivity contribution is 5.82. The van der Waals surface area contributed by atoms with Gasteiger partial charge in [0.2, 0.25) is 0 Å². The molecule has 4 rings (SSSR count). The van der Waals surface area contributed by atoms with Gasteiger partial charge in [-0.3, -0.25) is 0 Å². The van der Waals surface area contributed by atoms with Crippen LogP contribution in [0.2, 0.25) is 0 Å². The molecule has 0 atom stereocenters. The van der Waals surface area contributed by atoms with E-state index in [1.807, 2.05) is 87.1 Å². The monoisotopic (exact) mass is 550 g/mol. The molecule has 2 aromatic carbocycles. The van der Waals surface area contributed by atoms with Gasteiger partial charge in [-0.05, 0) is 77.3 Å². The van der Waals surface area contributed by atoms with E-state index in [1.165, 1.54) is 16.6 Å². The fraction of sp³-hybridized carbons (Fsp3) is 0.194. The molecule has 208 valence electrons. The molecule has 0 amide bonds. The number of benzene rings is 2. The maximum absolute atomic E-state index is 9.85. The highest BCUT2D eigenvalue weighted by Crippen LogP contribution is 2.29. The van der Waals surface area contributed by atoms with Crippen LogP contribution in [0.1, 0.15) is 35.1 Å². The van der Waals surface area contributed by atoms with Crippen molar-refractivity contribution in [2.24, 2.45) is 7.05 Å². The van der Waals surface area contributed by atoms with Crippen molar-refractivity contribution in [3.8, 4) is 18.2 Å². The Morgan fingerprint density at radius 2 is 1.86 bits per heavy atom. The number of aryl methyl sites for hydroxylation is 2. The summed E-state index contributed by atoms with van der Waals surface area (Å²) >= 11 is 0. The highest BCUT2D eigenvalue weighted by atomic mass is 14.9. The molecule has 42 heavy (non-hydrogen) atoms. The van der Waals surface area contributed by atoms with E-state index in [1.54, 1.807) is 0 Å². The van der Waals surface area contributed by atoms with Gasteiger partial charge in [0, 0.05) is 49.3 Å². The van der Waals surface area contributed by atoms with E-state index in [-0.39, 0.29) is 0 Å². The number of fused-ring (bicyclic) bond motifs is 1. The summed E-state index contributed by atoms with van der Waals surface area (Å²) < 4.78 is 2.10. The summed E-state index contributed by atoms with van der Waals surface area (Å²) in [5.74, 6) is 0. The van der Waals surface area contributed by atoms with E-state index >= 15 is 0 Å².